The second-order valence-corrected chi connectivity index (χ2v) is 9.07. The van der Waals surface area contributed by atoms with Gasteiger partial charge < -0.3 is 19.7 Å². The van der Waals surface area contributed by atoms with Gasteiger partial charge in [-0.3, -0.25) is 9.69 Å². The summed E-state index contributed by atoms with van der Waals surface area (Å²) in [6.07, 6.45) is 0.215. The van der Waals surface area contributed by atoms with Crippen molar-refractivity contribution in [3.05, 3.63) is 59.1 Å². The number of thiazole rings is 1. The van der Waals surface area contributed by atoms with Crippen molar-refractivity contribution in [2.75, 3.05) is 52.8 Å². The molecule has 1 amide bonds. The first-order chi connectivity index (χ1) is 16.0. The van der Waals surface area contributed by atoms with Gasteiger partial charge >= 0.3 is 0 Å². The minimum atomic E-state index is -0.124. The number of methoxy groups -OCH3 is 2. The molecule has 0 atom stereocenters. The SMILES string of the molecule is COc1ccc(NC(=O)Cc2csc(-c3ccc(CN4CCN(C)CC4)cc3)n2)cc1OC. The monoisotopic (exact) mass is 466 g/mol. The average Bonchev–Trinajstić information content (AvgIpc) is 3.29. The van der Waals surface area contributed by atoms with Crippen molar-refractivity contribution < 1.29 is 14.3 Å². The lowest BCUT2D eigenvalue weighted by Gasteiger charge is -2.32. The van der Waals surface area contributed by atoms with Crippen molar-refractivity contribution in [1.29, 1.82) is 0 Å². The van der Waals surface area contributed by atoms with Crippen LogP contribution in [0, 0.1) is 0 Å². The van der Waals surface area contributed by atoms with Crippen molar-refractivity contribution >= 4 is 22.9 Å². The smallest absolute Gasteiger partial charge is 0.230 e. The summed E-state index contributed by atoms with van der Waals surface area (Å²) in [5.41, 5.74) is 3.81. The Balaban J connectivity index is 1.33. The first-order valence-electron chi connectivity index (χ1n) is 11.0. The van der Waals surface area contributed by atoms with E-state index in [0.29, 0.717) is 17.2 Å². The fourth-order valence-corrected chi connectivity index (χ4v) is 4.65. The predicted molar refractivity (Wildman–Crippen MR) is 132 cm³/mol. The van der Waals surface area contributed by atoms with Crippen molar-refractivity contribution in [1.82, 2.24) is 14.8 Å². The topological polar surface area (TPSA) is 66.9 Å². The average molecular weight is 467 g/mol. The van der Waals surface area contributed by atoms with E-state index in [9.17, 15) is 4.79 Å². The fourth-order valence-electron chi connectivity index (χ4n) is 3.82. The molecule has 1 aliphatic rings. The highest BCUT2D eigenvalue weighted by Gasteiger charge is 2.14. The molecule has 1 aliphatic heterocycles. The Morgan fingerprint density at radius 2 is 1.76 bits per heavy atom. The molecule has 0 spiro atoms. The minimum Gasteiger partial charge on any atom is -0.493 e. The molecule has 174 valence electrons. The maximum absolute atomic E-state index is 12.5. The lowest BCUT2D eigenvalue weighted by Crippen LogP contribution is -2.43. The summed E-state index contributed by atoms with van der Waals surface area (Å²) in [5.74, 6) is 1.07. The van der Waals surface area contributed by atoms with E-state index in [2.05, 4.69) is 51.4 Å². The van der Waals surface area contributed by atoms with Gasteiger partial charge in [0.1, 0.15) is 5.01 Å². The van der Waals surface area contributed by atoms with E-state index in [1.54, 1.807) is 43.8 Å². The van der Waals surface area contributed by atoms with E-state index in [-0.39, 0.29) is 12.3 Å². The second kappa shape index (κ2) is 10.8. The van der Waals surface area contributed by atoms with Crippen LogP contribution in [0.5, 0.6) is 11.5 Å². The van der Waals surface area contributed by atoms with Gasteiger partial charge in [-0.05, 0) is 24.7 Å². The molecule has 8 heteroatoms. The number of piperazine rings is 1. The third kappa shape index (κ3) is 6.10. The van der Waals surface area contributed by atoms with Gasteiger partial charge in [0.05, 0.1) is 26.3 Å². The van der Waals surface area contributed by atoms with E-state index in [1.165, 1.54) is 5.56 Å². The molecule has 1 aromatic heterocycles. The van der Waals surface area contributed by atoms with Gasteiger partial charge in [0.25, 0.3) is 0 Å². The zero-order chi connectivity index (χ0) is 23.2. The predicted octanol–water partition coefficient (Wildman–Crippen LogP) is 3.76. The van der Waals surface area contributed by atoms with Crippen LogP contribution in [0.3, 0.4) is 0 Å². The number of hydrogen-bond donors (Lipinski definition) is 1. The molecule has 2 heterocycles. The Kier molecular flexibility index (Phi) is 7.59. The van der Waals surface area contributed by atoms with Gasteiger partial charge in [-0.1, -0.05) is 24.3 Å². The van der Waals surface area contributed by atoms with Crippen LogP contribution < -0.4 is 14.8 Å². The Morgan fingerprint density at radius 1 is 1.03 bits per heavy atom. The van der Waals surface area contributed by atoms with E-state index < -0.39 is 0 Å². The summed E-state index contributed by atoms with van der Waals surface area (Å²) in [4.78, 5) is 22.0. The van der Waals surface area contributed by atoms with Crippen LogP contribution in [0.4, 0.5) is 5.69 Å². The highest BCUT2D eigenvalue weighted by molar-refractivity contribution is 7.13. The number of hydrogen-bond acceptors (Lipinski definition) is 7. The number of likely N-dealkylation sites (N-methyl/N-ethyl adjacent to an activating group) is 1. The maximum Gasteiger partial charge on any atom is 0.230 e. The number of anilines is 1. The van der Waals surface area contributed by atoms with Crippen molar-refractivity contribution in [3.8, 4) is 22.1 Å². The summed E-state index contributed by atoms with van der Waals surface area (Å²) in [6.45, 7) is 5.45. The Hall–Kier alpha value is -2.94. The van der Waals surface area contributed by atoms with Gasteiger partial charge in [-0.15, -0.1) is 11.3 Å². The highest BCUT2D eigenvalue weighted by Crippen LogP contribution is 2.30. The normalized spacial score (nSPS) is 14.8. The summed E-state index contributed by atoms with van der Waals surface area (Å²) < 4.78 is 10.5. The summed E-state index contributed by atoms with van der Waals surface area (Å²) in [6, 6.07) is 13.9. The van der Waals surface area contributed by atoms with E-state index in [0.717, 1.165) is 49.0 Å². The summed E-state index contributed by atoms with van der Waals surface area (Å²) in [5, 5.41) is 5.77. The standard InChI is InChI=1S/C25H30N4O3S/c1-28-10-12-29(13-11-28)16-18-4-6-19(7-5-18)25-27-21(17-33-25)15-24(30)26-20-8-9-22(31-2)23(14-20)32-3/h4-9,14,17H,10-13,15-16H2,1-3H3,(H,26,30). The van der Waals surface area contributed by atoms with Crippen molar-refractivity contribution in [2.24, 2.45) is 0 Å². The second-order valence-electron chi connectivity index (χ2n) is 8.22. The zero-order valence-corrected chi connectivity index (χ0v) is 20.2. The molecular weight excluding hydrogens is 436 g/mol. The molecule has 0 saturated carbocycles. The molecule has 0 unspecified atom stereocenters. The molecule has 33 heavy (non-hydrogen) atoms. The first-order valence-corrected chi connectivity index (χ1v) is 11.9. The van der Waals surface area contributed by atoms with E-state index in [4.69, 9.17) is 9.47 Å². The molecule has 0 bridgehead atoms. The minimum absolute atomic E-state index is 0.124. The molecule has 1 fully saturated rings. The van der Waals surface area contributed by atoms with Crippen LogP contribution >= 0.6 is 11.3 Å². The molecule has 0 radical (unpaired) electrons. The van der Waals surface area contributed by atoms with Crippen LogP contribution in [-0.4, -0.2) is 68.1 Å². The highest BCUT2D eigenvalue weighted by atomic mass is 32.1. The number of aromatic nitrogens is 1. The number of benzene rings is 2. The van der Waals surface area contributed by atoms with E-state index >= 15 is 0 Å². The zero-order valence-electron chi connectivity index (χ0n) is 19.3. The summed E-state index contributed by atoms with van der Waals surface area (Å²) >= 11 is 1.56. The number of carbonyl (C=O) groups is 1. The van der Waals surface area contributed by atoms with Crippen LogP contribution in [0.25, 0.3) is 10.6 Å². The molecule has 4 rings (SSSR count). The molecule has 2 aromatic carbocycles. The lowest BCUT2D eigenvalue weighted by atomic mass is 10.1. The number of carbonyl (C=O) groups excluding carboxylic acids is 1. The number of ether oxygens (including phenoxy) is 2. The Bertz CT molecular complexity index is 1080. The van der Waals surface area contributed by atoms with Gasteiger partial charge in [-0.2, -0.15) is 0 Å². The van der Waals surface area contributed by atoms with Gasteiger partial charge in [-0.25, -0.2) is 4.98 Å². The van der Waals surface area contributed by atoms with Gasteiger partial charge in [0, 0.05) is 55.4 Å². The third-order valence-electron chi connectivity index (χ3n) is 5.76. The third-order valence-corrected chi connectivity index (χ3v) is 6.70. The number of amides is 1. The van der Waals surface area contributed by atoms with Crippen LogP contribution in [0.15, 0.2) is 47.8 Å². The van der Waals surface area contributed by atoms with E-state index in [1.807, 2.05) is 5.38 Å². The fraction of sp³-hybridized carbons (Fsp3) is 0.360. The number of nitrogens with zero attached hydrogens (tertiary/aromatic N) is 3. The van der Waals surface area contributed by atoms with Crippen molar-refractivity contribution in [3.63, 3.8) is 0 Å². The number of nitrogens with one attached hydrogen (secondary N) is 1. The van der Waals surface area contributed by atoms with Crippen LogP contribution in [-0.2, 0) is 17.8 Å². The molecule has 7 nitrogen and oxygen atoms in total. The van der Waals surface area contributed by atoms with Gasteiger partial charge in [0.15, 0.2) is 11.5 Å². The number of rotatable bonds is 8. The molecule has 1 saturated heterocycles. The largest absolute Gasteiger partial charge is 0.493 e. The van der Waals surface area contributed by atoms with Gasteiger partial charge in [0.2, 0.25) is 5.91 Å². The molecule has 1 N–H and O–H groups in total. The first kappa shape index (κ1) is 23.2. The van der Waals surface area contributed by atoms with Crippen LogP contribution in [0.1, 0.15) is 11.3 Å². The Labute approximate surface area is 199 Å². The quantitative estimate of drug-likeness (QED) is 0.545. The van der Waals surface area contributed by atoms with Crippen LogP contribution in [0.2, 0.25) is 0 Å². The van der Waals surface area contributed by atoms with Crippen molar-refractivity contribution in [2.45, 2.75) is 13.0 Å². The maximum atomic E-state index is 12.5. The lowest BCUT2D eigenvalue weighted by molar-refractivity contribution is -0.115. The molecular formula is C25H30N4O3S. The molecule has 0 aliphatic carbocycles. The Morgan fingerprint density at radius 3 is 2.45 bits per heavy atom. The molecule has 3 aromatic rings. The summed E-state index contributed by atoms with van der Waals surface area (Å²) in [7, 11) is 5.32.